The maximum Gasteiger partial charge on any atom is 0.211 e. The van der Waals surface area contributed by atoms with Gasteiger partial charge in [0.25, 0.3) is 0 Å². The average molecular weight is 513 g/mol. The molecule has 1 N–H and O–H groups in total. The van der Waals surface area contributed by atoms with Gasteiger partial charge in [-0.15, -0.1) is 0 Å². The van der Waals surface area contributed by atoms with Crippen molar-refractivity contribution < 1.29 is 23.1 Å². The number of hydrogen-bond acceptors (Lipinski definition) is 6. The molecule has 202 valence electrons. The number of ether oxygens (including phenoxy) is 1. The predicted molar refractivity (Wildman–Crippen MR) is 138 cm³/mol. The normalized spacial score (nSPS) is 40.1. The van der Waals surface area contributed by atoms with Gasteiger partial charge in [-0.3, -0.25) is 9.69 Å². The lowest BCUT2D eigenvalue weighted by atomic mass is 9.55. The molecule has 0 aromatic carbocycles. The van der Waals surface area contributed by atoms with Crippen molar-refractivity contribution >= 4 is 15.8 Å². The summed E-state index contributed by atoms with van der Waals surface area (Å²) in [7, 11) is -1.47. The summed E-state index contributed by atoms with van der Waals surface area (Å²) in [6, 6.07) is 0. The van der Waals surface area contributed by atoms with E-state index in [4.69, 9.17) is 4.74 Å². The van der Waals surface area contributed by atoms with Crippen molar-refractivity contribution in [2.75, 3.05) is 52.7 Å². The van der Waals surface area contributed by atoms with Crippen LogP contribution in [-0.4, -0.2) is 86.8 Å². The SMILES string of the molecule is COCC1(O)CCCCC2C(CCC1)CCC1(C)C(C(=O)CN3CCN(S(C)(=O)=O)CC3)CCC21. The number of carbonyl (C=O) groups excluding carboxylic acids is 1. The van der Waals surface area contributed by atoms with Crippen molar-refractivity contribution in [1.29, 1.82) is 0 Å². The fourth-order valence-corrected chi connectivity index (χ4v) is 9.13. The summed E-state index contributed by atoms with van der Waals surface area (Å²) >= 11 is 0. The van der Waals surface area contributed by atoms with Crippen LogP contribution in [-0.2, 0) is 19.6 Å². The molecule has 4 fully saturated rings. The molecule has 0 amide bonds. The summed E-state index contributed by atoms with van der Waals surface area (Å²) in [5, 5.41) is 11.0. The molecule has 6 atom stereocenters. The molecule has 0 aromatic rings. The molecular formula is C27H48N2O5S. The average Bonchev–Trinajstić information content (AvgIpc) is 3.15. The van der Waals surface area contributed by atoms with E-state index in [0.717, 1.165) is 50.9 Å². The third kappa shape index (κ3) is 6.14. The van der Waals surface area contributed by atoms with Crippen molar-refractivity contribution in [2.24, 2.45) is 29.1 Å². The van der Waals surface area contributed by atoms with Crippen LogP contribution in [0.2, 0.25) is 0 Å². The number of carbonyl (C=O) groups is 1. The maximum atomic E-state index is 13.6. The molecule has 0 bridgehead atoms. The molecule has 1 aliphatic heterocycles. The van der Waals surface area contributed by atoms with Crippen molar-refractivity contribution in [2.45, 2.75) is 83.2 Å². The van der Waals surface area contributed by atoms with Gasteiger partial charge < -0.3 is 9.84 Å². The fraction of sp³-hybridized carbons (Fsp3) is 0.963. The largest absolute Gasteiger partial charge is 0.387 e. The Bertz CT molecular complexity index is 843. The molecule has 4 rings (SSSR count). The molecule has 3 aliphatic carbocycles. The molecule has 7 nitrogen and oxygen atoms in total. The van der Waals surface area contributed by atoms with Gasteiger partial charge in [-0.05, 0) is 68.1 Å². The van der Waals surface area contributed by atoms with Crippen LogP contribution < -0.4 is 0 Å². The lowest BCUT2D eigenvalue weighted by Crippen LogP contribution is -2.51. The highest BCUT2D eigenvalue weighted by Crippen LogP contribution is 2.61. The Labute approximate surface area is 213 Å². The zero-order valence-corrected chi connectivity index (χ0v) is 23.0. The summed E-state index contributed by atoms with van der Waals surface area (Å²) in [5.41, 5.74) is -0.559. The van der Waals surface area contributed by atoms with Gasteiger partial charge in [-0.2, -0.15) is 4.31 Å². The van der Waals surface area contributed by atoms with Gasteiger partial charge in [0, 0.05) is 39.2 Å². The van der Waals surface area contributed by atoms with E-state index in [1.807, 2.05) is 0 Å². The van der Waals surface area contributed by atoms with Gasteiger partial charge in [0.05, 0.1) is 25.0 Å². The van der Waals surface area contributed by atoms with Crippen molar-refractivity contribution in [3.05, 3.63) is 0 Å². The Balaban J connectivity index is 1.36. The second-order valence-electron chi connectivity index (χ2n) is 12.4. The molecule has 1 saturated heterocycles. The third-order valence-corrected chi connectivity index (χ3v) is 11.5. The van der Waals surface area contributed by atoms with Crippen LogP contribution in [0.25, 0.3) is 0 Å². The summed E-state index contributed by atoms with van der Waals surface area (Å²) < 4.78 is 30.5. The maximum absolute atomic E-state index is 13.6. The van der Waals surface area contributed by atoms with Crippen LogP contribution in [0.1, 0.15) is 77.6 Å². The fourth-order valence-electron chi connectivity index (χ4n) is 8.31. The first-order valence-electron chi connectivity index (χ1n) is 14.0. The van der Waals surface area contributed by atoms with Crippen molar-refractivity contribution in [3.63, 3.8) is 0 Å². The second-order valence-corrected chi connectivity index (χ2v) is 14.4. The second kappa shape index (κ2) is 11.1. The van der Waals surface area contributed by atoms with E-state index in [9.17, 15) is 18.3 Å². The number of Topliss-reactive ketones (excluding diaryl/α,β-unsaturated/α-hetero) is 1. The lowest BCUT2D eigenvalue weighted by Gasteiger charge is -2.49. The molecule has 1 heterocycles. The van der Waals surface area contributed by atoms with E-state index in [1.165, 1.54) is 36.2 Å². The summed E-state index contributed by atoms with van der Waals surface area (Å²) in [4.78, 5) is 15.7. The van der Waals surface area contributed by atoms with Crippen LogP contribution in [0.5, 0.6) is 0 Å². The number of rotatable bonds is 6. The number of piperazine rings is 1. The molecule has 8 heteroatoms. The number of hydrogen-bond donors (Lipinski definition) is 1. The van der Waals surface area contributed by atoms with Crippen LogP contribution in [0.3, 0.4) is 0 Å². The van der Waals surface area contributed by atoms with E-state index in [1.54, 1.807) is 7.11 Å². The zero-order chi connectivity index (χ0) is 25.3. The highest BCUT2D eigenvalue weighted by Gasteiger charge is 2.55. The Morgan fingerprint density at radius 2 is 1.69 bits per heavy atom. The molecule has 4 aliphatic rings. The van der Waals surface area contributed by atoms with E-state index < -0.39 is 15.6 Å². The standard InChI is InChI=1S/C27H48N2O5S/c1-26-14-11-21-7-6-13-27(31,20-34-2)12-5-4-8-22(21)23(26)9-10-24(26)25(30)19-28-15-17-29(18-16-28)35(3,32)33/h21-24,31H,4-20H2,1-3H3. The molecule has 0 aromatic heterocycles. The smallest absolute Gasteiger partial charge is 0.211 e. The van der Waals surface area contributed by atoms with E-state index in [0.29, 0.717) is 56.9 Å². The number of nitrogens with zero attached hydrogens (tertiary/aromatic N) is 2. The van der Waals surface area contributed by atoms with Crippen molar-refractivity contribution in [1.82, 2.24) is 9.21 Å². The Morgan fingerprint density at radius 1 is 0.971 bits per heavy atom. The monoisotopic (exact) mass is 512 g/mol. The Morgan fingerprint density at radius 3 is 2.37 bits per heavy atom. The van der Waals surface area contributed by atoms with Gasteiger partial charge in [0.15, 0.2) is 0 Å². The van der Waals surface area contributed by atoms with Gasteiger partial charge >= 0.3 is 0 Å². The highest BCUT2D eigenvalue weighted by atomic mass is 32.2. The first kappa shape index (κ1) is 27.5. The van der Waals surface area contributed by atoms with Crippen LogP contribution in [0, 0.1) is 29.1 Å². The quantitative estimate of drug-likeness (QED) is 0.588. The Hall–Kier alpha value is -0.540. The van der Waals surface area contributed by atoms with Gasteiger partial charge in [-0.25, -0.2) is 8.42 Å². The van der Waals surface area contributed by atoms with Crippen molar-refractivity contribution in [3.8, 4) is 0 Å². The predicted octanol–water partition coefficient (Wildman–Crippen LogP) is 3.31. The molecule has 35 heavy (non-hydrogen) atoms. The van der Waals surface area contributed by atoms with E-state index in [2.05, 4.69) is 11.8 Å². The molecule has 6 unspecified atom stereocenters. The number of ketones is 1. The van der Waals surface area contributed by atoms with Crippen LogP contribution in [0.4, 0.5) is 0 Å². The zero-order valence-electron chi connectivity index (χ0n) is 22.2. The van der Waals surface area contributed by atoms with Gasteiger partial charge in [0.2, 0.25) is 10.0 Å². The minimum Gasteiger partial charge on any atom is -0.387 e. The first-order valence-corrected chi connectivity index (χ1v) is 15.8. The van der Waals surface area contributed by atoms with Crippen LogP contribution >= 0.6 is 0 Å². The third-order valence-electron chi connectivity index (χ3n) is 10.2. The minimum atomic E-state index is -3.15. The number of sulfonamides is 1. The number of fused-ring (bicyclic) bond motifs is 3. The van der Waals surface area contributed by atoms with Gasteiger partial charge in [-0.1, -0.05) is 32.6 Å². The first-order chi connectivity index (χ1) is 16.6. The number of methoxy groups -OCH3 is 1. The molecular weight excluding hydrogens is 464 g/mol. The molecule has 3 saturated carbocycles. The van der Waals surface area contributed by atoms with E-state index in [-0.39, 0.29) is 11.3 Å². The summed E-state index contributed by atoms with van der Waals surface area (Å²) in [6.45, 7) is 5.57. The summed E-state index contributed by atoms with van der Waals surface area (Å²) in [6.07, 6.45) is 13.1. The minimum absolute atomic E-state index is 0.105. The van der Waals surface area contributed by atoms with Gasteiger partial charge in [0.1, 0.15) is 5.78 Å². The number of aliphatic hydroxyl groups is 1. The highest BCUT2D eigenvalue weighted by molar-refractivity contribution is 7.88. The van der Waals surface area contributed by atoms with E-state index >= 15 is 0 Å². The van der Waals surface area contributed by atoms with Crippen LogP contribution in [0.15, 0.2) is 0 Å². The molecule has 0 radical (unpaired) electrons. The lowest BCUT2D eigenvalue weighted by molar-refractivity contribution is -0.130. The molecule has 0 spiro atoms. The Kier molecular flexibility index (Phi) is 8.69. The topological polar surface area (TPSA) is 87.2 Å². The summed E-state index contributed by atoms with van der Waals surface area (Å²) in [5.74, 6) is 2.58.